The summed E-state index contributed by atoms with van der Waals surface area (Å²) in [5.74, 6) is 0.201. The Kier molecular flexibility index (Phi) is 4.11. The van der Waals surface area contributed by atoms with Crippen molar-refractivity contribution < 1.29 is 9.53 Å². The fourth-order valence-electron chi connectivity index (χ4n) is 2.09. The van der Waals surface area contributed by atoms with E-state index in [1.54, 1.807) is 0 Å². The van der Waals surface area contributed by atoms with Crippen molar-refractivity contribution in [1.29, 1.82) is 0 Å². The van der Waals surface area contributed by atoms with Crippen molar-refractivity contribution in [1.82, 2.24) is 0 Å². The van der Waals surface area contributed by atoms with Crippen molar-refractivity contribution in [3.8, 4) is 0 Å². The monoisotopic (exact) mass is 218 g/mol. The van der Waals surface area contributed by atoms with Gasteiger partial charge >= 0.3 is 0 Å². The van der Waals surface area contributed by atoms with Crippen LogP contribution in [0.1, 0.15) is 42.5 Å². The zero-order valence-electron chi connectivity index (χ0n) is 9.52. The van der Waals surface area contributed by atoms with E-state index in [9.17, 15) is 4.79 Å². The Labute approximate surface area is 96.6 Å². The van der Waals surface area contributed by atoms with Crippen molar-refractivity contribution in [2.75, 3.05) is 6.61 Å². The first-order chi connectivity index (χ1) is 7.86. The van der Waals surface area contributed by atoms with Gasteiger partial charge in [-0.3, -0.25) is 4.79 Å². The number of Topliss-reactive ketones (excluding diaryl/α,β-unsaturated/α-hetero) is 1. The number of carbonyl (C=O) groups excluding carboxylic acids is 1. The Morgan fingerprint density at radius 2 is 2.00 bits per heavy atom. The average molecular weight is 218 g/mol. The van der Waals surface area contributed by atoms with Gasteiger partial charge in [-0.25, -0.2) is 0 Å². The van der Waals surface area contributed by atoms with Crippen LogP contribution in [0.15, 0.2) is 30.3 Å². The third-order valence-corrected chi connectivity index (χ3v) is 3.03. The molecule has 1 atom stereocenters. The van der Waals surface area contributed by atoms with E-state index in [0.717, 1.165) is 25.0 Å². The molecule has 0 radical (unpaired) electrons. The molecular formula is C14H18O2. The van der Waals surface area contributed by atoms with Crippen LogP contribution >= 0.6 is 0 Å². The van der Waals surface area contributed by atoms with Crippen molar-refractivity contribution >= 4 is 5.78 Å². The third kappa shape index (κ3) is 3.17. The van der Waals surface area contributed by atoms with E-state index in [-0.39, 0.29) is 11.9 Å². The minimum Gasteiger partial charge on any atom is -0.378 e. The molecule has 1 saturated heterocycles. The molecule has 1 aromatic carbocycles. The number of rotatable bonds is 3. The van der Waals surface area contributed by atoms with Gasteiger partial charge in [0.05, 0.1) is 6.10 Å². The van der Waals surface area contributed by atoms with Crippen LogP contribution in [0.25, 0.3) is 0 Å². The molecule has 1 heterocycles. The van der Waals surface area contributed by atoms with E-state index in [2.05, 4.69) is 0 Å². The van der Waals surface area contributed by atoms with Crippen LogP contribution in [-0.2, 0) is 4.74 Å². The van der Waals surface area contributed by atoms with Crippen molar-refractivity contribution in [2.24, 2.45) is 0 Å². The SMILES string of the molecule is O=C(C[C@@H]1CCCCCO1)c1ccccc1. The Hall–Kier alpha value is -1.15. The first kappa shape index (κ1) is 11.3. The van der Waals surface area contributed by atoms with Gasteiger partial charge in [-0.2, -0.15) is 0 Å². The number of benzene rings is 1. The van der Waals surface area contributed by atoms with Crippen LogP contribution in [0.4, 0.5) is 0 Å². The molecular weight excluding hydrogens is 200 g/mol. The maximum atomic E-state index is 11.9. The summed E-state index contributed by atoms with van der Waals surface area (Å²) in [6.45, 7) is 0.812. The van der Waals surface area contributed by atoms with Gasteiger partial charge in [-0.05, 0) is 12.8 Å². The van der Waals surface area contributed by atoms with Crippen LogP contribution in [0.5, 0.6) is 0 Å². The maximum Gasteiger partial charge on any atom is 0.165 e. The van der Waals surface area contributed by atoms with Crippen LogP contribution < -0.4 is 0 Å². The zero-order chi connectivity index (χ0) is 11.2. The molecule has 0 bridgehead atoms. The van der Waals surface area contributed by atoms with E-state index >= 15 is 0 Å². The van der Waals surface area contributed by atoms with Crippen LogP contribution in [-0.4, -0.2) is 18.5 Å². The van der Waals surface area contributed by atoms with E-state index in [4.69, 9.17) is 4.74 Å². The average Bonchev–Trinajstić information content (AvgIpc) is 2.59. The molecule has 2 nitrogen and oxygen atoms in total. The lowest BCUT2D eigenvalue weighted by Crippen LogP contribution is -2.17. The smallest absolute Gasteiger partial charge is 0.165 e. The molecule has 0 spiro atoms. The highest BCUT2D eigenvalue weighted by atomic mass is 16.5. The summed E-state index contributed by atoms with van der Waals surface area (Å²) in [4.78, 5) is 11.9. The molecule has 2 heteroatoms. The van der Waals surface area contributed by atoms with Gasteiger partial charge < -0.3 is 4.74 Å². The van der Waals surface area contributed by atoms with E-state index in [0.29, 0.717) is 6.42 Å². The molecule has 0 aromatic heterocycles. The van der Waals surface area contributed by atoms with Crippen LogP contribution in [0.2, 0.25) is 0 Å². The fraction of sp³-hybridized carbons (Fsp3) is 0.500. The molecule has 0 aliphatic carbocycles. The summed E-state index contributed by atoms with van der Waals surface area (Å²) in [7, 11) is 0. The second-order valence-electron chi connectivity index (χ2n) is 4.34. The molecule has 2 rings (SSSR count). The van der Waals surface area contributed by atoms with E-state index in [1.165, 1.54) is 12.8 Å². The molecule has 0 unspecified atom stereocenters. The molecule has 0 amide bonds. The maximum absolute atomic E-state index is 11.9. The van der Waals surface area contributed by atoms with Gasteiger partial charge in [0.15, 0.2) is 5.78 Å². The summed E-state index contributed by atoms with van der Waals surface area (Å²) in [5, 5.41) is 0. The molecule has 0 N–H and O–H groups in total. The Bertz CT molecular complexity index is 324. The Morgan fingerprint density at radius 3 is 2.81 bits per heavy atom. The second kappa shape index (κ2) is 5.80. The minimum absolute atomic E-state index is 0.134. The summed E-state index contributed by atoms with van der Waals surface area (Å²) in [6, 6.07) is 9.49. The van der Waals surface area contributed by atoms with Crippen LogP contribution in [0.3, 0.4) is 0 Å². The fourth-order valence-corrected chi connectivity index (χ4v) is 2.09. The highest BCUT2D eigenvalue weighted by Crippen LogP contribution is 2.17. The number of ketones is 1. The van der Waals surface area contributed by atoms with Gasteiger partial charge in [0.2, 0.25) is 0 Å². The highest BCUT2D eigenvalue weighted by molar-refractivity contribution is 5.96. The summed E-state index contributed by atoms with van der Waals surface area (Å²) >= 11 is 0. The van der Waals surface area contributed by atoms with Gasteiger partial charge in [-0.15, -0.1) is 0 Å². The highest BCUT2D eigenvalue weighted by Gasteiger charge is 2.17. The summed E-state index contributed by atoms with van der Waals surface area (Å²) < 4.78 is 5.67. The van der Waals surface area contributed by atoms with Crippen molar-refractivity contribution in [3.63, 3.8) is 0 Å². The van der Waals surface area contributed by atoms with E-state index < -0.39 is 0 Å². The molecule has 1 aliphatic heterocycles. The zero-order valence-corrected chi connectivity index (χ0v) is 9.52. The van der Waals surface area contributed by atoms with E-state index in [1.807, 2.05) is 30.3 Å². The van der Waals surface area contributed by atoms with Crippen LogP contribution in [0, 0.1) is 0 Å². The predicted octanol–water partition coefficient (Wildman–Crippen LogP) is 3.22. The van der Waals surface area contributed by atoms with Crippen molar-refractivity contribution in [2.45, 2.75) is 38.2 Å². The third-order valence-electron chi connectivity index (χ3n) is 3.03. The lowest BCUT2D eigenvalue weighted by atomic mass is 10.0. The lowest BCUT2D eigenvalue weighted by Gasteiger charge is -2.13. The number of hydrogen-bond donors (Lipinski definition) is 0. The number of hydrogen-bond acceptors (Lipinski definition) is 2. The Balaban J connectivity index is 1.91. The number of carbonyl (C=O) groups is 1. The molecule has 0 saturated carbocycles. The van der Waals surface area contributed by atoms with Crippen molar-refractivity contribution in [3.05, 3.63) is 35.9 Å². The largest absolute Gasteiger partial charge is 0.378 e. The lowest BCUT2D eigenvalue weighted by molar-refractivity contribution is 0.0484. The normalized spacial score (nSPS) is 21.4. The van der Waals surface area contributed by atoms with Gasteiger partial charge in [-0.1, -0.05) is 43.2 Å². The quantitative estimate of drug-likeness (QED) is 0.728. The van der Waals surface area contributed by atoms with Gasteiger partial charge in [0.25, 0.3) is 0 Å². The first-order valence-corrected chi connectivity index (χ1v) is 6.06. The topological polar surface area (TPSA) is 26.3 Å². The Morgan fingerprint density at radius 1 is 1.19 bits per heavy atom. The second-order valence-corrected chi connectivity index (χ2v) is 4.34. The minimum atomic E-state index is 0.134. The standard InChI is InChI=1S/C14H18O2/c15-14(12-7-3-1-4-8-12)11-13-9-5-2-6-10-16-13/h1,3-4,7-8,13H,2,5-6,9-11H2/t13-/m0/s1. The summed E-state index contributed by atoms with van der Waals surface area (Å²) in [5.41, 5.74) is 0.801. The molecule has 16 heavy (non-hydrogen) atoms. The van der Waals surface area contributed by atoms with Gasteiger partial charge in [0.1, 0.15) is 0 Å². The molecule has 1 aliphatic rings. The number of ether oxygens (including phenoxy) is 1. The predicted molar refractivity (Wildman–Crippen MR) is 63.6 cm³/mol. The first-order valence-electron chi connectivity index (χ1n) is 6.06. The molecule has 1 fully saturated rings. The van der Waals surface area contributed by atoms with Gasteiger partial charge in [0, 0.05) is 18.6 Å². The molecule has 1 aromatic rings. The summed E-state index contributed by atoms with van der Waals surface area (Å²) in [6.07, 6.45) is 5.25. The molecule has 86 valence electrons.